The fourth-order valence-corrected chi connectivity index (χ4v) is 4.38. The molecule has 206 valence electrons. The fourth-order valence-electron chi connectivity index (χ4n) is 4.38. The van der Waals surface area contributed by atoms with Gasteiger partial charge in [0.1, 0.15) is 17.6 Å². The van der Waals surface area contributed by atoms with Gasteiger partial charge in [0, 0.05) is 27.2 Å². The second-order valence-corrected chi connectivity index (χ2v) is 9.96. The molecule has 0 aromatic heterocycles. The van der Waals surface area contributed by atoms with Gasteiger partial charge >= 0.3 is 18.1 Å². The van der Waals surface area contributed by atoms with E-state index in [2.05, 4.69) is 5.32 Å². The van der Waals surface area contributed by atoms with E-state index in [1.165, 1.54) is 32.7 Å². The van der Waals surface area contributed by atoms with E-state index in [9.17, 15) is 42.3 Å². The molecule has 36 heavy (non-hydrogen) atoms. The SMILES string of the molecule is CC(C)C(C(=O)N[C@@H](CC(=O)O)C(=O)N1CCCC1)N(C)C(=O)[C@](C)(C(C)C)N(C)C(=O)C(F)(F)F. The molecule has 13 heteroatoms. The number of hydrogen-bond donors (Lipinski definition) is 2. The van der Waals surface area contributed by atoms with Crippen molar-refractivity contribution in [2.75, 3.05) is 27.2 Å². The highest BCUT2D eigenvalue weighted by molar-refractivity contribution is 5.97. The molecular formula is C23H37F3N4O6. The van der Waals surface area contributed by atoms with Gasteiger partial charge in [-0.2, -0.15) is 13.2 Å². The van der Waals surface area contributed by atoms with E-state index >= 15 is 0 Å². The number of carbonyl (C=O) groups excluding carboxylic acids is 4. The number of likely N-dealkylation sites (tertiary alicyclic amines) is 1. The van der Waals surface area contributed by atoms with Gasteiger partial charge in [-0.25, -0.2) is 0 Å². The minimum atomic E-state index is -5.21. The van der Waals surface area contributed by atoms with Crippen LogP contribution in [0.1, 0.15) is 53.9 Å². The lowest BCUT2D eigenvalue weighted by atomic mass is 9.84. The first-order valence-electron chi connectivity index (χ1n) is 11.8. The van der Waals surface area contributed by atoms with Crippen molar-refractivity contribution in [3.8, 4) is 0 Å². The van der Waals surface area contributed by atoms with Gasteiger partial charge in [0.05, 0.1) is 6.42 Å². The fraction of sp³-hybridized carbons (Fsp3) is 0.783. The third kappa shape index (κ3) is 6.88. The molecule has 1 rings (SSSR count). The first kappa shape index (κ1) is 31.2. The Morgan fingerprint density at radius 3 is 1.86 bits per heavy atom. The molecule has 0 bridgehead atoms. The largest absolute Gasteiger partial charge is 0.481 e. The van der Waals surface area contributed by atoms with Crippen molar-refractivity contribution in [3.63, 3.8) is 0 Å². The molecule has 1 aliphatic rings. The van der Waals surface area contributed by atoms with E-state index in [4.69, 9.17) is 0 Å². The van der Waals surface area contributed by atoms with Crippen molar-refractivity contribution in [1.29, 1.82) is 0 Å². The number of hydrogen-bond acceptors (Lipinski definition) is 5. The van der Waals surface area contributed by atoms with Crippen LogP contribution in [0.25, 0.3) is 0 Å². The first-order valence-corrected chi connectivity index (χ1v) is 11.8. The lowest BCUT2D eigenvalue weighted by Gasteiger charge is -2.45. The van der Waals surface area contributed by atoms with Crippen LogP contribution in [-0.2, 0) is 24.0 Å². The summed E-state index contributed by atoms with van der Waals surface area (Å²) in [6, 6.07) is -2.63. The number of halogens is 3. The Morgan fingerprint density at radius 1 is 0.972 bits per heavy atom. The predicted octanol–water partition coefficient (Wildman–Crippen LogP) is 1.49. The van der Waals surface area contributed by atoms with E-state index in [1.807, 2.05) is 0 Å². The molecule has 1 aliphatic heterocycles. The number of rotatable bonds is 10. The summed E-state index contributed by atoms with van der Waals surface area (Å²) in [5.41, 5.74) is -1.96. The highest BCUT2D eigenvalue weighted by Crippen LogP contribution is 2.31. The molecule has 1 unspecified atom stereocenters. The molecule has 0 saturated carbocycles. The molecule has 0 spiro atoms. The van der Waals surface area contributed by atoms with Crippen molar-refractivity contribution in [1.82, 2.24) is 20.0 Å². The number of carboxylic acids is 1. The number of nitrogens with zero attached hydrogens (tertiary/aromatic N) is 3. The van der Waals surface area contributed by atoms with Crippen molar-refractivity contribution in [2.24, 2.45) is 11.8 Å². The quantitative estimate of drug-likeness (QED) is 0.448. The summed E-state index contributed by atoms with van der Waals surface area (Å²) in [4.78, 5) is 65.8. The zero-order valence-electron chi connectivity index (χ0n) is 21.8. The summed E-state index contributed by atoms with van der Waals surface area (Å²) in [7, 11) is 2.11. The Morgan fingerprint density at radius 2 is 1.47 bits per heavy atom. The molecule has 0 aromatic carbocycles. The molecule has 1 heterocycles. The Labute approximate surface area is 209 Å². The van der Waals surface area contributed by atoms with Crippen LogP contribution in [0.5, 0.6) is 0 Å². The van der Waals surface area contributed by atoms with E-state index in [1.54, 1.807) is 13.8 Å². The lowest BCUT2D eigenvalue weighted by molar-refractivity contribution is -0.193. The number of carboxylic acid groups (broad SMARTS) is 1. The van der Waals surface area contributed by atoms with Crippen LogP contribution in [0.4, 0.5) is 13.2 Å². The Kier molecular flexibility index (Phi) is 10.3. The standard InChI is InChI=1S/C23H37F3N4O6/c1-13(2)17(18(33)27-15(12-16(31)32)19(34)30-10-8-9-11-30)28(6)20(35)22(5,14(3)4)29(7)21(36)23(24,25)26/h13-15,17H,8-12H2,1-7H3,(H,27,33)(H,31,32)/t15-,17?,22-/m0/s1. The van der Waals surface area contributed by atoms with Crippen LogP contribution in [0.15, 0.2) is 0 Å². The second kappa shape index (κ2) is 11.9. The summed E-state index contributed by atoms with van der Waals surface area (Å²) >= 11 is 0. The van der Waals surface area contributed by atoms with E-state index in [-0.39, 0.29) is 0 Å². The van der Waals surface area contributed by atoms with Crippen molar-refractivity contribution in [3.05, 3.63) is 0 Å². The van der Waals surface area contributed by atoms with Crippen LogP contribution in [0.3, 0.4) is 0 Å². The minimum absolute atomic E-state index is 0.329. The Bertz CT molecular complexity index is 857. The third-order valence-corrected chi connectivity index (χ3v) is 6.85. The Balaban J connectivity index is 3.29. The summed E-state index contributed by atoms with van der Waals surface area (Å²) in [6.45, 7) is 8.22. The maximum atomic E-state index is 13.6. The summed E-state index contributed by atoms with van der Waals surface area (Å²) in [5, 5.41) is 11.7. The van der Waals surface area contributed by atoms with Gasteiger partial charge in [0.2, 0.25) is 17.7 Å². The second-order valence-electron chi connectivity index (χ2n) is 9.96. The molecule has 3 atom stereocenters. The molecule has 0 radical (unpaired) electrons. The smallest absolute Gasteiger partial charge is 0.471 e. The highest BCUT2D eigenvalue weighted by Gasteiger charge is 2.53. The topological polar surface area (TPSA) is 127 Å². The Hall–Kier alpha value is -2.86. The monoisotopic (exact) mass is 522 g/mol. The summed E-state index contributed by atoms with van der Waals surface area (Å²) in [5.74, 6) is -7.13. The minimum Gasteiger partial charge on any atom is -0.481 e. The third-order valence-electron chi connectivity index (χ3n) is 6.85. The van der Waals surface area contributed by atoms with Gasteiger partial charge in [0.25, 0.3) is 0 Å². The number of amides is 4. The zero-order valence-corrected chi connectivity index (χ0v) is 21.8. The van der Waals surface area contributed by atoms with E-state index < -0.39 is 71.7 Å². The van der Waals surface area contributed by atoms with Gasteiger partial charge in [-0.1, -0.05) is 27.7 Å². The molecule has 1 saturated heterocycles. The molecule has 4 amide bonds. The number of likely N-dealkylation sites (N-methyl/N-ethyl adjacent to an activating group) is 2. The average Bonchev–Trinajstić information content (AvgIpc) is 3.29. The molecule has 0 aromatic rings. The molecule has 1 fully saturated rings. The molecule has 10 nitrogen and oxygen atoms in total. The van der Waals surface area contributed by atoms with Crippen molar-refractivity contribution < 1.29 is 42.3 Å². The highest BCUT2D eigenvalue weighted by atomic mass is 19.4. The maximum Gasteiger partial charge on any atom is 0.471 e. The van der Waals surface area contributed by atoms with Crippen LogP contribution in [-0.4, -0.2) is 100 Å². The number of nitrogens with one attached hydrogen (secondary N) is 1. The van der Waals surface area contributed by atoms with Gasteiger partial charge in [-0.05, 0) is 31.6 Å². The zero-order chi connectivity index (χ0) is 28.2. The number of aliphatic carboxylic acids is 1. The maximum absolute atomic E-state index is 13.6. The van der Waals surface area contributed by atoms with Gasteiger partial charge in [-0.15, -0.1) is 0 Å². The van der Waals surface area contributed by atoms with E-state index in [0.717, 1.165) is 24.8 Å². The lowest BCUT2D eigenvalue weighted by Crippen LogP contribution is -2.66. The van der Waals surface area contributed by atoms with Crippen LogP contribution < -0.4 is 5.32 Å². The van der Waals surface area contributed by atoms with Gasteiger partial charge in [0.15, 0.2) is 0 Å². The van der Waals surface area contributed by atoms with Gasteiger partial charge < -0.3 is 25.1 Å². The number of carbonyl (C=O) groups is 5. The molecule has 0 aliphatic carbocycles. The number of alkyl halides is 3. The normalized spacial score (nSPS) is 17.4. The average molecular weight is 523 g/mol. The summed E-state index contributed by atoms with van der Waals surface area (Å²) in [6.07, 6.45) is -4.37. The predicted molar refractivity (Wildman–Crippen MR) is 123 cm³/mol. The molecule has 2 N–H and O–H groups in total. The van der Waals surface area contributed by atoms with Crippen LogP contribution in [0.2, 0.25) is 0 Å². The molecular weight excluding hydrogens is 485 g/mol. The van der Waals surface area contributed by atoms with Crippen LogP contribution >= 0.6 is 0 Å². The van der Waals surface area contributed by atoms with Gasteiger partial charge in [-0.3, -0.25) is 24.0 Å². The van der Waals surface area contributed by atoms with Crippen molar-refractivity contribution >= 4 is 29.6 Å². The van der Waals surface area contributed by atoms with Crippen molar-refractivity contribution in [2.45, 2.75) is 77.7 Å². The first-order chi connectivity index (χ1) is 16.4. The van der Waals surface area contributed by atoms with Crippen LogP contribution in [0, 0.1) is 11.8 Å². The summed E-state index contributed by atoms with van der Waals surface area (Å²) < 4.78 is 39.5. The van der Waals surface area contributed by atoms with E-state index in [0.29, 0.717) is 18.0 Å².